The minimum absolute atomic E-state index is 0.164. The second-order valence-electron chi connectivity index (χ2n) is 3.38. The summed E-state index contributed by atoms with van der Waals surface area (Å²) in [5, 5.41) is 3.87. The summed E-state index contributed by atoms with van der Waals surface area (Å²) in [6, 6.07) is -0.577. The number of nitrogens with one attached hydrogen (secondary N) is 2. The maximum absolute atomic E-state index is 11.2. The zero-order valence-corrected chi connectivity index (χ0v) is 9.75. The molecule has 0 radical (unpaired) electrons. The Balaban J connectivity index is 2.16. The number of amides is 3. The molecule has 0 aromatic carbocycles. The maximum Gasteiger partial charge on any atom is 0.321 e. The van der Waals surface area contributed by atoms with Gasteiger partial charge in [0, 0.05) is 6.54 Å². The Labute approximate surface area is 98.6 Å². The second kappa shape index (κ2) is 6.67. The van der Waals surface area contributed by atoms with Gasteiger partial charge in [0.05, 0.1) is 25.9 Å². The van der Waals surface area contributed by atoms with E-state index in [4.69, 9.17) is 21.1 Å². The fourth-order valence-electron chi connectivity index (χ4n) is 1.12. The first kappa shape index (κ1) is 13.2. The summed E-state index contributed by atoms with van der Waals surface area (Å²) in [6.45, 7) is 3.33. The Hall–Kier alpha value is -0.850. The highest BCUT2D eigenvalue weighted by Gasteiger charge is 2.17. The number of imide groups is 1. The van der Waals surface area contributed by atoms with E-state index in [-0.39, 0.29) is 6.10 Å². The molecule has 1 aliphatic heterocycles. The average molecular weight is 251 g/mol. The summed E-state index contributed by atoms with van der Waals surface area (Å²) in [4.78, 5) is 22.2. The van der Waals surface area contributed by atoms with Gasteiger partial charge in [0.25, 0.3) is 0 Å². The molecule has 7 heteroatoms. The standard InChI is InChI=1S/C9H15ClN2O4/c1-6(10)8(13)12-9(14)11-4-7-5-15-2-3-16-7/h6-7H,2-5H2,1H3,(H2,11,12,13,14). The monoisotopic (exact) mass is 250 g/mol. The molecule has 1 aliphatic rings. The fourth-order valence-corrected chi connectivity index (χ4v) is 1.17. The van der Waals surface area contributed by atoms with E-state index >= 15 is 0 Å². The molecule has 0 spiro atoms. The van der Waals surface area contributed by atoms with Crippen molar-refractivity contribution in [2.45, 2.75) is 18.4 Å². The lowest BCUT2D eigenvalue weighted by molar-refractivity contribution is -0.119. The van der Waals surface area contributed by atoms with Gasteiger partial charge in [-0.3, -0.25) is 10.1 Å². The summed E-state index contributed by atoms with van der Waals surface area (Å²) in [5.41, 5.74) is 0. The minimum atomic E-state index is -0.736. The van der Waals surface area contributed by atoms with Gasteiger partial charge in [-0.1, -0.05) is 0 Å². The zero-order valence-electron chi connectivity index (χ0n) is 8.99. The average Bonchev–Trinajstić information content (AvgIpc) is 2.27. The third kappa shape index (κ3) is 4.78. The quantitative estimate of drug-likeness (QED) is 0.684. The van der Waals surface area contributed by atoms with Crippen molar-refractivity contribution in [1.82, 2.24) is 10.6 Å². The summed E-state index contributed by atoms with van der Waals surface area (Å²) in [6.07, 6.45) is -0.164. The van der Waals surface area contributed by atoms with E-state index in [1.165, 1.54) is 6.92 Å². The Morgan fingerprint density at radius 3 is 2.81 bits per heavy atom. The van der Waals surface area contributed by atoms with Crippen LogP contribution in [-0.2, 0) is 14.3 Å². The molecule has 0 aromatic heterocycles. The topological polar surface area (TPSA) is 76.7 Å². The summed E-state index contributed by atoms with van der Waals surface area (Å²) in [7, 11) is 0. The van der Waals surface area contributed by atoms with E-state index in [0.29, 0.717) is 26.4 Å². The number of carbonyl (C=O) groups is 2. The van der Waals surface area contributed by atoms with Crippen molar-refractivity contribution < 1.29 is 19.1 Å². The van der Waals surface area contributed by atoms with Gasteiger partial charge in [-0.25, -0.2) is 4.79 Å². The first-order valence-electron chi connectivity index (χ1n) is 5.01. The first-order valence-corrected chi connectivity index (χ1v) is 5.45. The molecule has 0 aromatic rings. The third-order valence-corrected chi connectivity index (χ3v) is 2.17. The molecule has 2 atom stereocenters. The molecule has 1 fully saturated rings. The van der Waals surface area contributed by atoms with Crippen molar-refractivity contribution in [1.29, 1.82) is 0 Å². The fraction of sp³-hybridized carbons (Fsp3) is 0.778. The number of alkyl halides is 1. The lowest BCUT2D eigenvalue weighted by Gasteiger charge is -2.23. The minimum Gasteiger partial charge on any atom is -0.376 e. The molecule has 0 aliphatic carbocycles. The number of ether oxygens (including phenoxy) is 2. The summed E-state index contributed by atoms with van der Waals surface area (Å²) < 4.78 is 10.5. The van der Waals surface area contributed by atoms with Crippen molar-refractivity contribution in [3.05, 3.63) is 0 Å². The number of carbonyl (C=O) groups excluding carboxylic acids is 2. The Morgan fingerprint density at radius 1 is 1.50 bits per heavy atom. The van der Waals surface area contributed by atoms with Gasteiger partial charge in [0.1, 0.15) is 5.38 Å². The van der Waals surface area contributed by atoms with Crippen LogP contribution >= 0.6 is 11.6 Å². The van der Waals surface area contributed by atoms with E-state index in [1.807, 2.05) is 0 Å². The predicted octanol–water partition coefficient (Wildman–Crippen LogP) is -0.145. The SMILES string of the molecule is CC(Cl)C(=O)NC(=O)NCC1COCCO1. The molecule has 1 heterocycles. The number of halogens is 1. The molecule has 1 saturated heterocycles. The van der Waals surface area contributed by atoms with Crippen LogP contribution in [0.1, 0.15) is 6.92 Å². The molecule has 1 rings (SSSR count). The first-order chi connectivity index (χ1) is 7.59. The Bertz CT molecular complexity index is 254. The summed E-state index contributed by atoms with van der Waals surface area (Å²) in [5.74, 6) is -0.528. The number of rotatable bonds is 3. The number of hydrogen-bond donors (Lipinski definition) is 2. The molecule has 16 heavy (non-hydrogen) atoms. The zero-order chi connectivity index (χ0) is 12.0. The van der Waals surface area contributed by atoms with Crippen LogP contribution in [0.4, 0.5) is 4.79 Å². The van der Waals surface area contributed by atoms with Gasteiger partial charge in [-0.05, 0) is 6.92 Å². The number of urea groups is 1. The van der Waals surface area contributed by atoms with E-state index < -0.39 is 17.3 Å². The highest BCUT2D eigenvalue weighted by Crippen LogP contribution is 1.98. The Kier molecular flexibility index (Phi) is 5.51. The molecule has 2 unspecified atom stereocenters. The van der Waals surface area contributed by atoms with E-state index in [9.17, 15) is 9.59 Å². The van der Waals surface area contributed by atoms with Gasteiger partial charge >= 0.3 is 6.03 Å². The highest BCUT2D eigenvalue weighted by atomic mass is 35.5. The van der Waals surface area contributed by atoms with E-state index in [1.54, 1.807) is 0 Å². The largest absolute Gasteiger partial charge is 0.376 e. The summed E-state index contributed by atoms with van der Waals surface area (Å²) >= 11 is 5.48. The van der Waals surface area contributed by atoms with Crippen LogP contribution in [0.5, 0.6) is 0 Å². The normalized spacial score (nSPS) is 22.2. The number of hydrogen-bond acceptors (Lipinski definition) is 4. The lowest BCUT2D eigenvalue weighted by atomic mass is 10.3. The molecule has 0 saturated carbocycles. The van der Waals surface area contributed by atoms with Crippen molar-refractivity contribution in [2.75, 3.05) is 26.4 Å². The van der Waals surface area contributed by atoms with Gasteiger partial charge in [-0.2, -0.15) is 0 Å². The van der Waals surface area contributed by atoms with Gasteiger partial charge in [0.15, 0.2) is 0 Å². The molecule has 2 N–H and O–H groups in total. The van der Waals surface area contributed by atoms with Crippen molar-refractivity contribution in [2.24, 2.45) is 0 Å². The van der Waals surface area contributed by atoms with Crippen LogP contribution in [-0.4, -0.2) is 49.8 Å². The van der Waals surface area contributed by atoms with Gasteiger partial charge in [-0.15, -0.1) is 11.6 Å². The third-order valence-electron chi connectivity index (χ3n) is 1.97. The molecule has 3 amide bonds. The lowest BCUT2D eigenvalue weighted by Crippen LogP contribution is -2.46. The second-order valence-corrected chi connectivity index (χ2v) is 4.04. The predicted molar refractivity (Wildman–Crippen MR) is 57.4 cm³/mol. The van der Waals surface area contributed by atoms with E-state index in [0.717, 1.165) is 0 Å². The van der Waals surface area contributed by atoms with Crippen LogP contribution < -0.4 is 10.6 Å². The highest BCUT2D eigenvalue weighted by molar-refractivity contribution is 6.31. The van der Waals surface area contributed by atoms with Crippen LogP contribution in [0.25, 0.3) is 0 Å². The van der Waals surface area contributed by atoms with Crippen LogP contribution in [0.15, 0.2) is 0 Å². The van der Waals surface area contributed by atoms with Crippen LogP contribution in [0.2, 0.25) is 0 Å². The van der Waals surface area contributed by atoms with Crippen molar-refractivity contribution >= 4 is 23.5 Å². The molecule has 0 bridgehead atoms. The van der Waals surface area contributed by atoms with E-state index in [2.05, 4.69) is 10.6 Å². The van der Waals surface area contributed by atoms with Crippen LogP contribution in [0, 0.1) is 0 Å². The maximum atomic E-state index is 11.2. The van der Waals surface area contributed by atoms with Crippen molar-refractivity contribution in [3.8, 4) is 0 Å². The molecule has 92 valence electrons. The van der Waals surface area contributed by atoms with Crippen LogP contribution in [0.3, 0.4) is 0 Å². The van der Waals surface area contributed by atoms with Crippen molar-refractivity contribution in [3.63, 3.8) is 0 Å². The molecular formula is C9H15ClN2O4. The smallest absolute Gasteiger partial charge is 0.321 e. The van der Waals surface area contributed by atoms with Gasteiger partial charge < -0.3 is 14.8 Å². The molecular weight excluding hydrogens is 236 g/mol. The molecule has 6 nitrogen and oxygen atoms in total. The van der Waals surface area contributed by atoms with Gasteiger partial charge in [0.2, 0.25) is 5.91 Å². The Morgan fingerprint density at radius 2 is 2.25 bits per heavy atom.